The predicted octanol–water partition coefficient (Wildman–Crippen LogP) is 4.12. The molecule has 2 aliphatic carbocycles. The SMILES string of the molecule is COc1cc(-c2cc(C(O)N3CC[C@H](C(=O)NC4C(C)(C)C(N5CCC(F)(F)C5)C4(C)C)CC34CC4)[nH]n2)c(F)cn1. The van der Waals surface area contributed by atoms with Crippen molar-refractivity contribution >= 4 is 5.91 Å². The molecule has 4 fully saturated rings. The Labute approximate surface area is 244 Å². The summed E-state index contributed by atoms with van der Waals surface area (Å²) in [6.07, 6.45) is 2.93. The summed E-state index contributed by atoms with van der Waals surface area (Å²) in [5.74, 6) is -3.14. The first-order valence-electron chi connectivity index (χ1n) is 14.8. The molecular formula is C30H41F3N6O3. The van der Waals surface area contributed by atoms with Gasteiger partial charge in [0.1, 0.15) is 6.23 Å². The molecule has 1 amide bonds. The lowest BCUT2D eigenvalue weighted by molar-refractivity contribution is -0.163. The van der Waals surface area contributed by atoms with Crippen LogP contribution >= 0.6 is 0 Å². The van der Waals surface area contributed by atoms with Crippen LogP contribution in [0.5, 0.6) is 5.88 Å². The van der Waals surface area contributed by atoms with Gasteiger partial charge in [0, 0.05) is 65.5 Å². The van der Waals surface area contributed by atoms with Crippen LogP contribution in [0.15, 0.2) is 18.3 Å². The van der Waals surface area contributed by atoms with E-state index in [1.807, 2.05) is 9.80 Å². The third-order valence-electron chi connectivity index (χ3n) is 10.4. The van der Waals surface area contributed by atoms with Gasteiger partial charge in [-0.05, 0) is 31.7 Å². The van der Waals surface area contributed by atoms with Crippen LogP contribution in [0, 0.1) is 22.6 Å². The number of H-pyrrole nitrogens is 1. The van der Waals surface area contributed by atoms with Crippen molar-refractivity contribution in [3.8, 4) is 17.1 Å². The van der Waals surface area contributed by atoms with Gasteiger partial charge in [-0.15, -0.1) is 0 Å². The number of rotatable bonds is 7. The number of aliphatic hydroxyl groups excluding tert-OH is 1. The quantitative estimate of drug-likeness (QED) is 0.446. The molecule has 230 valence electrons. The van der Waals surface area contributed by atoms with Gasteiger partial charge in [-0.1, -0.05) is 27.7 Å². The summed E-state index contributed by atoms with van der Waals surface area (Å²) in [6, 6.07) is 2.91. The van der Waals surface area contributed by atoms with Crippen molar-refractivity contribution in [1.82, 2.24) is 30.3 Å². The summed E-state index contributed by atoms with van der Waals surface area (Å²) in [4.78, 5) is 21.4. The molecule has 0 radical (unpaired) electrons. The van der Waals surface area contributed by atoms with Crippen molar-refractivity contribution in [2.24, 2.45) is 16.7 Å². The van der Waals surface area contributed by atoms with Gasteiger partial charge >= 0.3 is 0 Å². The van der Waals surface area contributed by atoms with Crippen molar-refractivity contribution in [2.45, 2.75) is 89.6 Å². The van der Waals surface area contributed by atoms with E-state index in [0.29, 0.717) is 37.3 Å². The van der Waals surface area contributed by atoms with E-state index in [4.69, 9.17) is 4.74 Å². The van der Waals surface area contributed by atoms with Crippen molar-refractivity contribution in [3.63, 3.8) is 0 Å². The maximum Gasteiger partial charge on any atom is 0.261 e. The van der Waals surface area contributed by atoms with Gasteiger partial charge in [0.2, 0.25) is 11.8 Å². The van der Waals surface area contributed by atoms with Crippen molar-refractivity contribution < 1.29 is 27.8 Å². The number of piperidine rings is 1. The second-order valence-electron chi connectivity index (χ2n) is 14.0. The van der Waals surface area contributed by atoms with Crippen molar-refractivity contribution in [1.29, 1.82) is 0 Å². The molecule has 6 rings (SSSR count). The highest BCUT2D eigenvalue weighted by Gasteiger charge is 2.66. The van der Waals surface area contributed by atoms with Crippen molar-refractivity contribution in [2.75, 3.05) is 26.7 Å². The molecule has 4 heterocycles. The van der Waals surface area contributed by atoms with E-state index in [1.165, 1.54) is 13.2 Å². The average Bonchev–Trinajstić information content (AvgIpc) is 3.34. The van der Waals surface area contributed by atoms with Crippen molar-refractivity contribution in [3.05, 3.63) is 29.8 Å². The number of ether oxygens (including phenoxy) is 1. The van der Waals surface area contributed by atoms with E-state index in [2.05, 4.69) is 48.2 Å². The maximum atomic E-state index is 14.4. The van der Waals surface area contributed by atoms with Gasteiger partial charge in [0.25, 0.3) is 5.92 Å². The van der Waals surface area contributed by atoms with E-state index < -0.39 is 18.0 Å². The number of likely N-dealkylation sites (tertiary alicyclic amines) is 2. The Morgan fingerprint density at radius 3 is 2.50 bits per heavy atom. The second kappa shape index (κ2) is 9.92. The highest BCUT2D eigenvalue weighted by atomic mass is 19.3. The molecule has 1 spiro atoms. The highest BCUT2D eigenvalue weighted by Crippen LogP contribution is 2.58. The van der Waals surface area contributed by atoms with Crippen LogP contribution in [-0.2, 0) is 4.79 Å². The van der Waals surface area contributed by atoms with Gasteiger partial charge in [0.15, 0.2) is 5.82 Å². The van der Waals surface area contributed by atoms with E-state index in [0.717, 1.165) is 19.0 Å². The van der Waals surface area contributed by atoms with Crippen LogP contribution in [0.2, 0.25) is 0 Å². The molecule has 0 aromatic carbocycles. The predicted molar refractivity (Wildman–Crippen MR) is 149 cm³/mol. The molecule has 3 N–H and O–H groups in total. The van der Waals surface area contributed by atoms with Gasteiger partial charge in [-0.2, -0.15) is 5.10 Å². The number of carbonyl (C=O) groups is 1. The number of halogens is 3. The molecule has 2 aliphatic heterocycles. The molecule has 9 nitrogen and oxygen atoms in total. The first-order chi connectivity index (χ1) is 19.7. The monoisotopic (exact) mass is 590 g/mol. The first kappa shape index (κ1) is 29.4. The normalized spacial score (nSPS) is 30.1. The number of alkyl halides is 2. The number of aromatic nitrogens is 3. The van der Waals surface area contributed by atoms with Crippen LogP contribution < -0.4 is 10.1 Å². The van der Waals surface area contributed by atoms with Crippen LogP contribution in [0.3, 0.4) is 0 Å². The Bertz CT molecular complexity index is 1340. The third kappa shape index (κ3) is 4.79. The second-order valence-corrected chi connectivity index (χ2v) is 14.0. The summed E-state index contributed by atoms with van der Waals surface area (Å²) >= 11 is 0. The number of pyridine rings is 1. The van der Waals surface area contributed by atoms with Gasteiger partial charge < -0.3 is 15.2 Å². The number of hydrogen-bond acceptors (Lipinski definition) is 7. The van der Waals surface area contributed by atoms with Crippen LogP contribution in [-0.4, -0.2) is 86.3 Å². The molecule has 2 aromatic rings. The molecule has 4 aliphatic rings. The average molecular weight is 591 g/mol. The molecule has 2 saturated carbocycles. The summed E-state index contributed by atoms with van der Waals surface area (Å²) in [7, 11) is 1.45. The Morgan fingerprint density at radius 2 is 1.88 bits per heavy atom. The zero-order chi connectivity index (χ0) is 30.2. The largest absolute Gasteiger partial charge is 0.481 e. The number of amides is 1. The lowest BCUT2D eigenvalue weighted by Gasteiger charge is -2.67. The minimum absolute atomic E-state index is 0.00213. The lowest BCUT2D eigenvalue weighted by atomic mass is 9.47. The van der Waals surface area contributed by atoms with Crippen LogP contribution in [0.4, 0.5) is 13.2 Å². The summed E-state index contributed by atoms with van der Waals surface area (Å²) in [5.41, 5.74) is 0.0311. The van der Waals surface area contributed by atoms with Gasteiger partial charge in [0.05, 0.1) is 31.2 Å². The summed E-state index contributed by atoms with van der Waals surface area (Å²) in [6.45, 7) is 8.94. The first-order valence-corrected chi connectivity index (χ1v) is 14.8. The lowest BCUT2D eigenvalue weighted by Crippen LogP contribution is -2.77. The number of nitrogens with zero attached hydrogens (tertiary/aromatic N) is 4. The third-order valence-corrected chi connectivity index (χ3v) is 10.4. The fourth-order valence-electron chi connectivity index (χ4n) is 8.65. The van der Waals surface area contributed by atoms with Crippen LogP contribution in [0.25, 0.3) is 11.3 Å². The van der Waals surface area contributed by atoms with E-state index >= 15 is 0 Å². The summed E-state index contributed by atoms with van der Waals surface area (Å²) in [5, 5.41) is 21.7. The van der Waals surface area contributed by atoms with Crippen LogP contribution in [0.1, 0.15) is 71.7 Å². The topological polar surface area (TPSA) is 107 Å². The molecule has 42 heavy (non-hydrogen) atoms. The zero-order valence-corrected chi connectivity index (χ0v) is 24.9. The minimum Gasteiger partial charge on any atom is -0.481 e. The fraction of sp³-hybridized carbons (Fsp3) is 0.700. The number of carbonyl (C=O) groups excluding carboxylic acids is 1. The number of aliphatic hydroxyl groups is 1. The molecule has 1 unspecified atom stereocenters. The number of aromatic amines is 1. The zero-order valence-electron chi connectivity index (χ0n) is 24.9. The molecule has 0 bridgehead atoms. The molecule has 2 saturated heterocycles. The van der Waals surface area contributed by atoms with E-state index in [9.17, 15) is 23.1 Å². The smallest absolute Gasteiger partial charge is 0.261 e. The van der Waals surface area contributed by atoms with E-state index in [1.54, 1.807) is 6.07 Å². The fourth-order valence-corrected chi connectivity index (χ4v) is 8.65. The highest BCUT2D eigenvalue weighted by molar-refractivity contribution is 5.80. The molecule has 2 atom stereocenters. The maximum absolute atomic E-state index is 14.4. The Balaban J connectivity index is 1.11. The molecule has 2 aromatic heterocycles. The minimum atomic E-state index is -2.65. The Kier molecular flexibility index (Phi) is 6.94. The Hall–Kier alpha value is -2.70. The summed E-state index contributed by atoms with van der Waals surface area (Å²) < 4.78 is 47.6. The standard InChI is InChI=1S/C30H41F3N6O3/c1-27(2)25(28(3,4)26(27)38-11-9-30(32,33)16-38)35-23(40)17-6-10-39(29(14-17)7-8-29)24(41)21-13-20(36-37-21)18-12-22(42-5)34-15-19(18)31/h12-13,15,17,24-26,41H,6-11,14,16H2,1-5H3,(H,35,40)(H,36,37)/t17-,24?,25?,26?/m0/s1. The molecular weight excluding hydrogens is 549 g/mol. The number of nitrogens with one attached hydrogen (secondary N) is 2. The number of hydrogen-bond donors (Lipinski definition) is 3. The number of methoxy groups -OCH3 is 1. The van der Waals surface area contributed by atoms with Gasteiger partial charge in [-0.25, -0.2) is 18.2 Å². The Morgan fingerprint density at radius 1 is 1.17 bits per heavy atom. The van der Waals surface area contributed by atoms with Gasteiger partial charge in [-0.3, -0.25) is 19.7 Å². The molecule has 12 heteroatoms. The van der Waals surface area contributed by atoms with E-state index in [-0.39, 0.29) is 64.7 Å².